The third-order valence-electron chi connectivity index (χ3n) is 5.78. The lowest BCUT2D eigenvalue weighted by atomic mass is 10.1. The van der Waals surface area contributed by atoms with Crippen LogP contribution in [0.3, 0.4) is 0 Å². The van der Waals surface area contributed by atoms with Gasteiger partial charge in [-0.3, -0.25) is 9.69 Å². The Bertz CT molecular complexity index is 874. The van der Waals surface area contributed by atoms with E-state index in [-0.39, 0.29) is 11.8 Å². The quantitative estimate of drug-likeness (QED) is 0.875. The molecule has 3 aliphatic rings. The first-order valence-corrected chi connectivity index (χ1v) is 10.0. The van der Waals surface area contributed by atoms with Gasteiger partial charge in [-0.05, 0) is 36.4 Å². The van der Waals surface area contributed by atoms with Crippen LogP contribution in [0.5, 0.6) is 0 Å². The molecule has 1 saturated carbocycles. The molecule has 0 spiro atoms. The molecular weight excluding hydrogens is 364 g/mol. The lowest BCUT2D eigenvalue weighted by Gasteiger charge is -2.43. The Morgan fingerprint density at radius 1 is 1.11 bits per heavy atom. The minimum Gasteiger partial charge on any atom is -0.378 e. The predicted molar refractivity (Wildman–Crippen MR) is 106 cm³/mol. The number of hydrogen-bond donors (Lipinski definition) is 1. The minimum absolute atomic E-state index is 0.0760. The van der Waals surface area contributed by atoms with Crippen molar-refractivity contribution in [1.29, 1.82) is 0 Å². The van der Waals surface area contributed by atoms with Gasteiger partial charge >= 0.3 is 0 Å². The van der Waals surface area contributed by atoms with Crippen LogP contribution in [0.4, 0.5) is 11.5 Å². The number of rotatable bonds is 4. The third-order valence-corrected chi connectivity index (χ3v) is 6.08. The highest BCUT2D eigenvalue weighted by Gasteiger charge is 2.30. The van der Waals surface area contributed by atoms with Gasteiger partial charge in [0, 0.05) is 43.7 Å². The first-order valence-electron chi connectivity index (χ1n) is 9.64. The van der Waals surface area contributed by atoms with Crippen LogP contribution in [0.15, 0.2) is 24.4 Å². The summed E-state index contributed by atoms with van der Waals surface area (Å²) in [7, 11) is 0. The summed E-state index contributed by atoms with van der Waals surface area (Å²) in [4.78, 5) is 21.2. The molecule has 3 heterocycles. The Kier molecular flexibility index (Phi) is 4.42. The van der Waals surface area contributed by atoms with Crippen LogP contribution in [0, 0.1) is 5.92 Å². The van der Waals surface area contributed by atoms with E-state index in [4.69, 9.17) is 16.3 Å². The summed E-state index contributed by atoms with van der Waals surface area (Å²) in [5.41, 5.74) is 1.05. The number of nitrogens with one attached hydrogen (secondary N) is 1. The van der Waals surface area contributed by atoms with Crippen molar-refractivity contribution >= 4 is 39.8 Å². The highest BCUT2D eigenvalue weighted by atomic mass is 35.5. The molecule has 6 nitrogen and oxygen atoms in total. The standard InChI is InChI=1S/C20H23ClN4O2/c21-17-7-15-10-22-19(23-20(26)13-1-2-13)9-14(15)8-18(17)25-5-3-24(4-6-25)16-11-27-12-16/h7-10,13,16H,1-6,11-12H2,(H,22,23,26). The summed E-state index contributed by atoms with van der Waals surface area (Å²) >= 11 is 6.58. The van der Waals surface area contributed by atoms with E-state index in [0.29, 0.717) is 11.9 Å². The summed E-state index contributed by atoms with van der Waals surface area (Å²) in [6.45, 7) is 5.69. The first-order chi connectivity index (χ1) is 13.2. The zero-order valence-electron chi connectivity index (χ0n) is 15.2. The zero-order valence-corrected chi connectivity index (χ0v) is 15.9. The number of aromatic nitrogens is 1. The maximum atomic E-state index is 12.0. The maximum absolute atomic E-state index is 12.0. The second kappa shape index (κ2) is 6.93. The van der Waals surface area contributed by atoms with Crippen molar-refractivity contribution in [2.24, 2.45) is 5.92 Å². The van der Waals surface area contributed by atoms with Gasteiger partial charge in [0.1, 0.15) is 5.82 Å². The number of fused-ring (bicyclic) bond motifs is 1. The fraction of sp³-hybridized carbons (Fsp3) is 0.500. The molecule has 5 rings (SSSR count). The monoisotopic (exact) mass is 386 g/mol. The summed E-state index contributed by atoms with van der Waals surface area (Å²) < 4.78 is 5.31. The number of piperazine rings is 1. The number of halogens is 1. The van der Waals surface area contributed by atoms with Crippen molar-refractivity contribution in [2.45, 2.75) is 18.9 Å². The Labute approximate surface area is 163 Å². The SMILES string of the molecule is O=C(Nc1cc2cc(N3CCN(C4COC4)CC3)c(Cl)cc2cn1)C1CC1. The van der Waals surface area contributed by atoms with Crippen LogP contribution >= 0.6 is 11.6 Å². The molecule has 7 heteroatoms. The lowest BCUT2D eigenvalue weighted by molar-refractivity contribution is -0.117. The highest BCUT2D eigenvalue weighted by molar-refractivity contribution is 6.34. The maximum Gasteiger partial charge on any atom is 0.228 e. The largest absolute Gasteiger partial charge is 0.378 e. The van der Waals surface area contributed by atoms with E-state index < -0.39 is 0 Å². The Morgan fingerprint density at radius 3 is 2.56 bits per heavy atom. The third kappa shape index (κ3) is 3.49. The van der Waals surface area contributed by atoms with Crippen LogP contribution in [0.1, 0.15) is 12.8 Å². The van der Waals surface area contributed by atoms with Crippen molar-refractivity contribution in [2.75, 3.05) is 49.6 Å². The summed E-state index contributed by atoms with van der Waals surface area (Å²) in [5, 5.41) is 5.71. The van der Waals surface area contributed by atoms with E-state index in [1.54, 1.807) is 6.20 Å². The molecule has 2 saturated heterocycles. The number of anilines is 2. The van der Waals surface area contributed by atoms with Gasteiger partial charge in [-0.2, -0.15) is 0 Å². The normalized spacial score (nSPS) is 21.3. The second-order valence-corrected chi connectivity index (χ2v) is 8.11. The van der Waals surface area contributed by atoms with Crippen LogP contribution < -0.4 is 10.2 Å². The van der Waals surface area contributed by atoms with Crippen LogP contribution in [-0.4, -0.2) is 61.2 Å². The molecule has 2 aliphatic heterocycles. The van der Waals surface area contributed by atoms with Crippen molar-refractivity contribution in [3.05, 3.63) is 29.4 Å². The van der Waals surface area contributed by atoms with Crippen LogP contribution in [0.25, 0.3) is 10.8 Å². The highest BCUT2D eigenvalue weighted by Crippen LogP contribution is 2.33. The minimum atomic E-state index is 0.0760. The fourth-order valence-electron chi connectivity index (χ4n) is 3.80. The average Bonchev–Trinajstić information content (AvgIpc) is 3.46. The Hall–Kier alpha value is -1.89. The molecule has 27 heavy (non-hydrogen) atoms. The molecular formula is C20H23ClN4O2. The molecule has 1 aromatic heterocycles. The molecule has 0 unspecified atom stereocenters. The number of hydrogen-bond acceptors (Lipinski definition) is 5. The van der Waals surface area contributed by atoms with Gasteiger partial charge in [0.05, 0.1) is 30.0 Å². The van der Waals surface area contributed by atoms with Crippen molar-refractivity contribution in [1.82, 2.24) is 9.88 Å². The van der Waals surface area contributed by atoms with Gasteiger partial charge in [0.25, 0.3) is 0 Å². The van der Waals surface area contributed by atoms with E-state index >= 15 is 0 Å². The summed E-state index contributed by atoms with van der Waals surface area (Å²) in [6.07, 6.45) is 3.75. The number of carbonyl (C=O) groups excluding carboxylic acids is 1. The number of ether oxygens (including phenoxy) is 1. The van der Waals surface area contributed by atoms with Gasteiger partial charge in [0.2, 0.25) is 5.91 Å². The fourth-order valence-corrected chi connectivity index (χ4v) is 4.09. The van der Waals surface area contributed by atoms with Crippen LogP contribution in [-0.2, 0) is 9.53 Å². The second-order valence-electron chi connectivity index (χ2n) is 7.70. The Morgan fingerprint density at radius 2 is 1.89 bits per heavy atom. The molecule has 0 atom stereocenters. The average molecular weight is 387 g/mol. The molecule has 142 valence electrons. The molecule has 2 aromatic rings. The van der Waals surface area contributed by atoms with Gasteiger partial charge in [-0.15, -0.1) is 0 Å². The van der Waals surface area contributed by atoms with Crippen molar-refractivity contribution in [3.63, 3.8) is 0 Å². The molecule has 1 amide bonds. The van der Waals surface area contributed by atoms with Gasteiger partial charge in [0.15, 0.2) is 0 Å². The summed E-state index contributed by atoms with van der Waals surface area (Å²) in [6, 6.07) is 6.62. The predicted octanol–water partition coefficient (Wildman–Crippen LogP) is 2.76. The van der Waals surface area contributed by atoms with Gasteiger partial charge < -0.3 is 15.0 Å². The van der Waals surface area contributed by atoms with E-state index in [9.17, 15) is 4.79 Å². The zero-order chi connectivity index (χ0) is 18.4. The topological polar surface area (TPSA) is 57.7 Å². The van der Waals surface area contributed by atoms with Gasteiger partial charge in [-0.25, -0.2) is 4.98 Å². The molecule has 3 fully saturated rings. The summed E-state index contributed by atoms with van der Waals surface area (Å²) in [5.74, 6) is 0.857. The smallest absolute Gasteiger partial charge is 0.228 e. The van der Waals surface area contributed by atoms with E-state index in [2.05, 4.69) is 26.2 Å². The van der Waals surface area contributed by atoms with E-state index in [1.165, 1.54) is 0 Å². The number of nitrogens with zero attached hydrogens (tertiary/aromatic N) is 3. The lowest BCUT2D eigenvalue weighted by Crippen LogP contribution is -2.56. The van der Waals surface area contributed by atoms with Crippen molar-refractivity contribution in [3.8, 4) is 0 Å². The van der Waals surface area contributed by atoms with E-state index in [1.807, 2.05) is 12.1 Å². The van der Waals surface area contributed by atoms with E-state index in [0.717, 1.165) is 73.7 Å². The molecule has 0 radical (unpaired) electrons. The molecule has 1 N–H and O–H groups in total. The van der Waals surface area contributed by atoms with Gasteiger partial charge in [-0.1, -0.05) is 11.6 Å². The number of carbonyl (C=O) groups is 1. The molecule has 0 bridgehead atoms. The number of benzene rings is 1. The molecule has 1 aromatic carbocycles. The first kappa shape index (κ1) is 17.2. The van der Waals surface area contributed by atoms with Crippen molar-refractivity contribution < 1.29 is 9.53 Å². The van der Waals surface area contributed by atoms with Crippen LogP contribution in [0.2, 0.25) is 5.02 Å². The molecule has 1 aliphatic carbocycles. The number of pyridine rings is 1. The number of amides is 1. The Balaban J connectivity index is 1.35.